The Morgan fingerprint density at radius 2 is 1.81 bits per heavy atom. The first kappa shape index (κ1) is 16.1. The molecule has 1 atom stereocenters. The highest BCUT2D eigenvalue weighted by atomic mass is 79.9. The molecule has 0 heterocycles. The fraction of sp³-hybridized carbons (Fsp3) is 0.143. The predicted octanol–water partition coefficient (Wildman–Crippen LogP) is 3.77. The maximum atomic E-state index is 13.6. The Bertz CT molecular complexity index is 765. The maximum absolute atomic E-state index is 13.6. The summed E-state index contributed by atoms with van der Waals surface area (Å²) in [4.78, 5) is -0.707. The average Bonchev–Trinajstić information content (AvgIpc) is 2.41. The molecular weight excluding hydrogens is 364 g/mol. The molecule has 7 heteroatoms. The van der Waals surface area contributed by atoms with E-state index in [2.05, 4.69) is 20.7 Å². The number of halogens is 3. The van der Waals surface area contributed by atoms with Gasteiger partial charge in [-0.2, -0.15) is 0 Å². The van der Waals surface area contributed by atoms with Gasteiger partial charge in [-0.25, -0.2) is 21.9 Å². The Labute approximate surface area is 130 Å². The molecule has 0 aliphatic rings. The lowest BCUT2D eigenvalue weighted by Gasteiger charge is -2.16. The van der Waals surface area contributed by atoms with E-state index in [1.165, 1.54) is 0 Å². The first-order valence-corrected chi connectivity index (χ1v) is 8.30. The summed E-state index contributed by atoms with van der Waals surface area (Å²) < 4.78 is 54.1. The topological polar surface area (TPSA) is 46.2 Å². The molecule has 1 unspecified atom stereocenters. The van der Waals surface area contributed by atoms with Crippen molar-refractivity contribution in [2.24, 2.45) is 0 Å². The minimum Gasteiger partial charge on any atom is -0.207 e. The van der Waals surface area contributed by atoms with Gasteiger partial charge in [0.05, 0.1) is 0 Å². The summed E-state index contributed by atoms with van der Waals surface area (Å²) in [6, 6.07) is 8.76. The van der Waals surface area contributed by atoms with E-state index in [-0.39, 0.29) is 0 Å². The van der Waals surface area contributed by atoms with Crippen LogP contribution in [-0.4, -0.2) is 8.42 Å². The molecule has 2 aromatic carbocycles. The van der Waals surface area contributed by atoms with Crippen LogP contribution in [0.4, 0.5) is 8.78 Å². The maximum Gasteiger partial charge on any atom is 0.244 e. The van der Waals surface area contributed by atoms with E-state index in [9.17, 15) is 17.2 Å². The van der Waals surface area contributed by atoms with Gasteiger partial charge in [-0.05, 0) is 36.8 Å². The fourth-order valence-electron chi connectivity index (χ4n) is 1.87. The summed E-state index contributed by atoms with van der Waals surface area (Å²) in [7, 11) is -4.16. The highest BCUT2D eigenvalue weighted by Gasteiger charge is 2.23. The van der Waals surface area contributed by atoms with Crippen molar-refractivity contribution in [3.63, 3.8) is 0 Å². The van der Waals surface area contributed by atoms with Crippen molar-refractivity contribution in [2.45, 2.75) is 17.9 Å². The van der Waals surface area contributed by atoms with Crippen molar-refractivity contribution in [3.8, 4) is 0 Å². The largest absolute Gasteiger partial charge is 0.244 e. The third-order valence-electron chi connectivity index (χ3n) is 2.89. The fourth-order valence-corrected chi connectivity index (χ4v) is 3.81. The second kappa shape index (κ2) is 6.21. The van der Waals surface area contributed by atoms with Gasteiger partial charge >= 0.3 is 0 Å². The van der Waals surface area contributed by atoms with E-state index in [0.717, 1.165) is 16.6 Å². The minimum absolute atomic E-state index is 0.603. The van der Waals surface area contributed by atoms with Gasteiger partial charge in [0.15, 0.2) is 0 Å². The summed E-state index contributed by atoms with van der Waals surface area (Å²) in [5.41, 5.74) is 0.692. The van der Waals surface area contributed by atoms with Crippen molar-refractivity contribution in [2.75, 3.05) is 0 Å². The first-order chi connectivity index (χ1) is 9.81. The summed E-state index contributed by atoms with van der Waals surface area (Å²) in [5.74, 6) is -1.81. The molecule has 21 heavy (non-hydrogen) atoms. The van der Waals surface area contributed by atoms with E-state index in [4.69, 9.17) is 0 Å². The SMILES string of the molecule is CC(NS(=O)(=O)c1cc(F)ccc1F)c1ccccc1Br. The van der Waals surface area contributed by atoms with Crippen LogP contribution in [0.5, 0.6) is 0 Å². The van der Waals surface area contributed by atoms with Crippen LogP contribution in [-0.2, 0) is 10.0 Å². The molecule has 0 saturated heterocycles. The molecule has 2 aromatic rings. The molecule has 0 radical (unpaired) electrons. The van der Waals surface area contributed by atoms with Crippen molar-refractivity contribution in [1.29, 1.82) is 0 Å². The van der Waals surface area contributed by atoms with Gasteiger partial charge < -0.3 is 0 Å². The van der Waals surface area contributed by atoms with Crippen LogP contribution in [0.15, 0.2) is 51.8 Å². The lowest BCUT2D eigenvalue weighted by Crippen LogP contribution is -2.28. The highest BCUT2D eigenvalue weighted by molar-refractivity contribution is 9.10. The van der Waals surface area contributed by atoms with Gasteiger partial charge in [0.2, 0.25) is 10.0 Å². The zero-order valence-corrected chi connectivity index (χ0v) is 13.4. The van der Waals surface area contributed by atoms with E-state index in [0.29, 0.717) is 11.6 Å². The summed E-state index contributed by atoms with van der Waals surface area (Å²) in [6.07, 6.45) is 0. The predicted molar refractivity (Wildman–Crippen MR) is 79.2 cm³/mol. The summed E-state index contributed by atoms with van der Waals surface area (Å²) >= 11 is 3.32. The molecule has 0 aromatic heterocycles. The van der Waals surface area contributed by atoms with E-state index in [1.807, 2.05) is 0 Å². The Balaban J connectivity index is 2.34. The molecule has 2 rings (SSSR count). The van der Waals surface area contributed by atoms with Gasteiger partial charge in [0.25, 0.3) is 0 Å². The van der Waals surface area contributed by atoms with Gasteiger partial charge in [0, 0.05) is 10.5 Å². The van der Waals surface area contributed by atoms with Crippen molar-refractivity contribution < 1.29 is 17.2 Å². The molecule has 112 valence electrons. The Hall–Kier alpha value is -1.31. The van der Waals surface area contributed by atoms with Crippen LogP contribution >= 0.6 is 15.9 Å². The number of sulfonamides is 1. The van der Waals surface area contributed by atoms with Crippen LogP contribution in [0.3, 0.4) is 0 Å². The number of rotatable bonds is 4. The van der Waals surface area contributed by atoms with E-state index >= 15 is 0 Å². The first-order valence-electron chi connectivity index (χ1n) is 6.03. The molecule has 0 aliphatic carbocycles. The second-order valence-corrected chi connectivity index (χ2v) is 6.98. The van der Waals surface area contributed by atoms with Gasteiger partial charge in [-0.1, -0.05) is 34.1 Å². The minimum atomic E-state index is -4.16. The van der Waals surface area contributed by atoms with Gasteiger partial charge in [-0.3, -0.25) is 0 Å². The number of benzene rings is 2. The highest BCUT2D eigenvalue weighted by Crippen LogP contribution is 2.25. The average molecular weight is 376 g/mol. The molecule has 0 spiro atoms. The van der Waals surface area contributed by atoms with Crippen LogP contribution in [0.1, 0.15) is 18.5 Å². The third kappa shape index (κ3) is 3.66. The van der Waals surface area contributed by atoms with Crippen LogP contribution in [0.25, 0.3) is 0 Å². The third-order valence-corrected chi connectivity index (χ3v) is 5.16. The zero-order chi connectivity index (χ0) is 15.6. The molecule has 0 fully saturated rings. The van der Waals surface area contributed by atoms with Crippen LogP contribution in [0, 0.1) is 11.6 Å². The van der Waals surface area contributed by atoms with Crippen LogP contribution in [0.2, 0.25) is 0 Å². The van der Waals surface area contributed by atoms with Crippen molar-refractivity contribution >= 4 is 26.0 Å². The lowest BCUT2D eigenvalue weighted by atomic mass is 10.1. The Morgan fingerprint density at radius 1 is 1.14 bits per heavy atom. The van der Waals surface area contributed by atoms with E-state index < -0.39 is 32.6 Å². The molecule has 0 bridgehead atoms. The molecule has 0 saturated carbocycles. The number of hydrogen-bond acceptors (Lipinski definition) is 2. The summed E-state index contributed by atoms with van der Waals surface area (Å²) in [5, 5.41) is 0. The summed E-state index contributed by atoms with van der Waals surface area (Å²) in [6.45, 7) is 1.62. The normalized spacial score (nSPS) is 13.1. The van der Waals surface area contributed by atoms with Crippen molar-refractivity contribution in [3.05, 3.63) is 64.1 Å². The Morgan fingerprint density at radius 3 is 2.48 bits per heavy atom. The Kier molecular flexibility index (Phi) is 4.75. The number of nitrogens with one attached hydrogen (secondary N) is 1. The van der Waals surface area contributed by atoms with Crippen LogP contribution < -0.4 is 4.72 Å². The molecule has 0 amide bonds. The molecule has 3 nitrogen and oxygen atoms in total. The monoisotopic (exact) mass is 375 g/mol. The molecule has 0 aliphatic heterocycles. The smallest absolute Gasteiger partial charge is 0.207 e. The number of hydrogen-bond donors (Lipinski definition) is 1. The van der Waals surface area contributed by atoms with Gasteiger partial charge in [0.1, 0.15) is 16.5 Å². The van der Waals surface area contributed by atoms with Gasteiger partial charge in [-0.15, -0.1) is 0 Å². The van der Waals surface area contributed by atoms with Crippen molar-refractivity contribution in [1.82, 2.24) is 4.72 Å². The lowest BCUT2D eigenvalue weighted by molar-refractivity contribution is 0.538. The molecule has 1 N–H and O–H groups in total. The standard InChI is InChI=1S/C14H12BrF2NO2S/c1-9(11-4-2-3-5-12(11)15)18-21(19,20)14-8-10(16)6-7-13(14)17/h2-9,18H,1H3. The molecular formula is C14H12BrF2NO2S. The quantitative estimate of drug-likeness (QED) is 0.883. The van der Waals surface area contributed by atoms with E-state index in [1.54, 1.807) is 31.2 Å². The second-order valence-electron chi connectivity index (χ2n) is 4.44. The zero-order valence-electron chi connectivity index (χ0n) is 11.0.